The molecule has 3 aromatic carbocycles. The monoisotopic (exact) mass is 398 g/mol. The average Bonchev–Trinajstić information content (AvgIpc) is 3.51. The van der Waals surface area contributed by atoms with Gasteiger partial charge >= 0.3 is 0 Å². The van der Waals surface area contributed by atoms with E-state index < -0.39 is 7.92 Å². The number of benzene rings is 3. The highest BCUT2D eigenvalue weighted by molar-refractivity contribution is 7.79. The fraction of sp³-hybridized carbons (Fsp3) is 0.357. The summed E-state index contributed by atoms with van der Waals surface area (Å²) >= 11 is 0. The van der Waals surface area contributed by atoms with Crippen molar-refractivity contribution in [1.82, 2.24) is 0 Å². The van der Waals surface area contributed by atoms with Crippen LogP contribution in [0, 0.1) is 11.8 Å². The van der Waals surface area contributed by atoms with Crippen LogP contribution in [0.4, 0.5) is 0 Å². The van der Waals surface area contributed by atoms with Crippen molar-refractivity contribution in [2.45, 2.75) is 50.9 Å². The molecule has 0 amide bonds. The van der Waals surface area contributed by atoms with Crippen molar-refractivity contribution in [3.05, 3.63) is 90.5 Å². The van der Waals surface area contributed by atoms with E-state index in [9.17, 15) is 0 Å². The fourth-order valence-electron chi connectivity index (χ4n) is 5.21. The first-order valence-electron chi connectivity index (χ1n) is 11.4. The Morgan fingerprint density at radius 2 is 1.10 bits per heavy atom. The van der Waals surface area contributed by atoms with Crippen LogP contribution in [0.15, 0.2) is 84.9 Å². The van der Waals surface area contributed by atoms with E-state index in [1.807, 2.05) is 0 Å². The second-order valence-corrected chi connectivity index (χ2v) is 11.1. The fourth-order valence-corrected chi connectivity index (χ4v) is 7.49. The summed E-state index contributed by atoms with van der Waals surface area (Å²) < 4.78 is 0. The zero-order valence-electron chi connectivity index (χ0n) is 17.2. The SMILES string of the molecule is c1ccc(P(c2ccccc2)c2ccc(C3CCCCC[C@H]4CC4C3)cc2)cc1. The molecular weight excluding hydrogens is 367 g/mol. The van der Waals surface area contributed by atoms with E-state index in [2.05, 4.69) is 84.9 Å². The standard InChI is InChI=1S/C28H31P/c1-4-10-23(20-25-21-24(25)11-5-1)22-16-18-28(19-17-22)29(26-12-6-2-7-13-26)27-14-8-3-9-15-27/h2-3,6-9,12-19,23-25H,1,4-5,10-11,20-21H2/t23?,24-,25?/m0/s1. The van der Waals surface area contributed by atoms with Crippen molar-refractivity contribution in [2.24, 2.45) is 11.8 Å². The van der Waals surface area contributed by atoms with Crippen molar-refractivity contribution in [3.63, 3.8) is 0 Å². The van der Waals surface area contributed by atoms with Gasteiger partial charge in [0.15, 0.2) is 0 Å². The lowest BCUT2D eigenvalue weighted by atomic mass is 9.89. The molecule has 0 bridgehead atoms. The van der Waals surface area contributed by atoms with Crippen LogP contribution in [-0.4, -0.2) is 0 Å². The van der Waals surface area contributed by atoms with Gasteiger partial charge in [0.25, 0.3) is 0 Å². The minimum absolute atomic E-state index is 0.490. The zero-order chi connectivity index (χ0) is 19.5. The highest BCUT2D eigenvalue weighted by atomic mass is 31.1. The Morgan fingerprint density at radius 3 is 1.76 bits per heavy atom. The molecule has 2 aliphatic carbocycles. The summed E-state index contributed by atoms with van der Waals surface area (Å²) in [5.41, 5.74) is 1.58. The highest BCUT2D eigenvalue weighted by Crippen LogP contribution is 2.50. The first-order valence-corrected chi connectivity index (χ1v) is 12.7. The van der Waals surface area contributed by atoms with Crippen LogP contribution in [0.25, 0.3) is 0 Å². The summed E-state index contributed by atoms with van der Waals surface area (Å²) in [7, 11) is -0.490. The summed E-state index contributed by atoms with van der Waals surface area (Å²) in [5.74, 6) is 2.85. The maximum atomic E-state index is 2.45. The Hall–Kier alpha value is -1.91. The van der Waals surface area contributed by atoms with Gasteiger partial charge in [0, 0.05) is 0 Å². The van der Waals surface area contributed by atoms with Gasteiger partial charge in [-0.2, -0.15) is 0 Å². The molecule has 0 aromatic heterocycles. The largest absolute Gasteiger partial charge is 0.0622 e. The molecule has 0 nitrogen and oxygen atoms in total. The molecule has 0 saturated heterocycles. The lowest BCUT2D eigenvalue weighted by Gasteiger charge is -2.21. The maximum absolute atomic E-state index is 2.45. The Kier molecular flexibility index (Phi) is 5.82. The molecule has 0 heterocycles. The topological polar surface area (TPSA) is 0 Å². The molecule has 0 aliphatic heterocycles. The molecule has 5 rings (SSSR count). The van der Waals surface area contributed by atoms with Gasteiger partial charge in [0.2, 0.25) is 0 Å². The third-order valence-corrected chi connectivity index (χ3v) is 9.38. The summed E-state index contributed by atoms with van der Waals surface area (Å²) in [5, 5.41) is 4.34. The van der Waals surface area contributed by atoms with Crippen LogP contribution in [0.3, 0.4) is 0 Å². The van der Waals surface area contributed by atoms with Crippen molar-refractivity contribution < 1.29 is 0 Å². The molecule has 0 N–H and O–H groups in total. The van der Waals surface area contributed by atoms with Gasteiger partial charge in [0.05, 0.1) is 0 Å². The van der Waals surface area contributed by atoms with Crippen molar-refractivity contribution in [3.8, 4) is 0 Å². The van der Waals surface area contributed by atoms with E-state index in [1.165, 1.54) is 60.9 Å². The Labute approximate surface area is 177 Å². The van der Waals surface area contributed by atoms with Gasteiger partial charge in [-0.15, -0.1) is 0 Å². The lowest BCUT2D eigenvalue weighted by Crippen LogP contribution is -2.20. The van der Waals surface area contributed by atoms with E-state index in [4.69, 9.17) is 0 Å². The quantitative estimate of drug-likeness (QED) is 0.439. The third-order valence-electron chi connectivity index (χ3n) is 6.94. The van der Waals surface area contributed by atoms with Crippen LogP contribution in [0.5, 0.6) is 0 Å². The first-order chi connectivity index (χ1) is 14.4. The average molecular weight is 399 g/mol. The second-order valence-electron chi connectivity index (χ2n) is 8.92. The van der Waals surface area contributed by atoms with Crippen LogP contribution < -0.4 is 15.9 Å². The summed E-state index contributed by atoms with van der Waals surface area (Å²) in [6.45, 7) is 0. The predicted molar refractivity (Wildman–Crippen MR) is 127 cm³/mol. The van der Waals surface area contributed by atoms with Gasteiger partial charge in [-0.3, -0.25) is 0 Å². The van der Waals surface area contributed by atoms with Crippen LogP contribution in [-0.2, 0) is 0 Å². The molecule has 0 spiro atoms. The Balaban J connectivity index is 1.42. The first kappa shape index (κ1) is 19.1. The molecule has 0 radical (unpaired) electrons. The van der Waals surface area contributed by atoms with Crippen molar-refractivity contribution >= 4 is 23.8 Å². The Bertz CT molecular complexity index is 861. The van der Waals surface area contributed by atoms with E-state index in [1.54, 1.807) is 5.56 Å². The molecular formula is C28H31P. The van der Waals surface area contributed by atoms with E-state index in [0.717, 1.165) is 17.8 Å². The summed E-state index contributed by atoms with van der Waals surface area (Å²) in [6, 6.07) is 31.9. The van der Waals surface area contributed by atoms with Crippen LogP contribution in [0.1, 0.15) is 56.4 Å². The highest BCUT2D eigenvalue weighted by Gasteiger charge is 2.38. The third kappa shape index (κ3) is 4.49. The number of hydrogen-bond acceptors (Lipinski definition) is 0. The Morgan fingerprint density at radius 1 is 0.517 bits per heavy atom. The second kappa shape index (κ2) is 8.85. The maximum Gasteiger partial charge on any atom is -0.0134 e. The smallest absolute Gasteiger partial charge is 0.0134 e. The predicted octanol–water partition coefficient (Wildman–Crippen LogP) is 6.52. The van der Waals surface area contributed by atoms with Gasteiger partial charge in [-0.1, -0.05) is 111 Å². The zero-order valence-corrected chi connectivity index (χ0v) is 18.1. The molecule has 1 heteroatoms. The number of rotatable bonds is 4. The molecule has 3 atom stereocenters. The molecule has 2 fully saturated rings. The molecule has 2 saturated carbocycles. The van der Waals surface area contributed by atoms with Gasteiger partial charge < -0.3 is 0 Å². The van der Waals surface area contributed by atoms with Gasteiger partial charge in [0.1, 0.15) is 0 Å². The normalized spacial score (nSPS) is 24.2. The van der Waals surface area contributed by atoms with Gasteiger partial charge in [-0.25, -0.2) is 0 Å². The molecule has 2 aliphatic rings. The molecule has 3 aromatic rings. The van der Waals surface area contributed by atoms with E-state index in [0.29, 0.717) is 0 Å². The van der Waals surface area contributed by atoms with E-state index in [-0.39, 0.29) is 0 Å². The van der Waals surface area contributed by atoms with E-state index >= 15 is 0 Å². The van der Waals surface area contributed by atoms with Crippen LogP contribution >= 0.6 is 7.92 Å². The summed E-state index contributed by atoms with van der Waals surface area (Å²) in [4.78, 5) is 0. The van der Waals surface area contributed by atoms with Crippen LogP contribution in [0.2, 0.25) is 0 Å². The summed E-state index contributed by atoms with van der Waals surface area (Å²) in [6.07, 6.45) is 10.1. The molecule has 148 valence electrons. The van der Waals surface area contributed by atoms with Crippen molar-refractivity contribution in [2.75, 3.05) is 0 Å². The molecule has 2 unspecified atom stereocenters. The lowest BCUT2D eigenvalue weighted by molar-refractivity contribution is 0.516. The number of hydrogen-bond donors (Lipinski definition) is 0. The number of fused-ring (bicyclic) bond motifs is 1. The molecule has 29 heavy (non-hydrogen) atoms. The minimum atomic E-state index is -0.490. The van der Waals surface area contributed by atoms with Gasteiger partial charge in [-0.05, 0) is 66.4 Å². The van der Waals surface area contributed by atoms with Crippen molar-refractivity contribution in [1.29, 1.82) is 0 Å². The minimum Gasteiger partial charge on any atom is -0.0622 e.